The van der Waals surface area contributed by atoms with Gasteiger partial charge in [0, 0.05) is 18.7 Å². The summed E-state index contributed by atoms with van der Waals surface area (Å²) in [4.78, 5) is 1.80. The fourth-order valence-electron chi connectivity index (χ4n) is 1.36. The zero-order valence-corrected chi connectivity index (χ0v) is 12.0. The summed E-state index contributed by atoms with van der Waals surface area (Å²) in [5.74, 6) is -0.432. The fourth-order valence-corrected chi connectivity index (χ4v) is 2.21. The van der Waals surface area contributed by atoms with E-state index < -0.39 is 5.82 Å². The van der Waals surface area contributed by atoms with Gasteiger partial charge < -0.3 is 15.7 Å². The molecule has 6 heteroatoms. The highest BCUT2D eigenvalue weighted by Gasteiger charge is 2.18. The van der Waals surface area contributed by atoms with Crippen LogP contribution in [0.5, 0.6) is 0 Å². The van der Waals surface area contributed by atoms with Crippen LogP contribution >= 0.6 is 28.1 Å². The number of nitrogens with two attached hydrogens (primary N) is 1. The second kappa shape index (κ2) is 5.75. The molecule has 0 radical (unpaired) electrons. The van der Waals surface area contributed by atoms with Gasteiger partial charge >= 0.3 is 0 Å². The van der Waals surface area contributed by atoms with Gasteiger partial charge in [-0.2, -0.15) is 0 Å². The Kier molecular flexibility index (Phi) is 4.85. The van der Waals surface area contributed by atoms with Crippen LogP contribution < -0.4 is 10.6 Å². The molecule has 3 N–H and O–H groups in total. The molecule has 0 amide bonds. The Morgan fingerprint density at radius 1 is 1.65 bits per heavy atom. The Labute approximate surface area is 114 Å². The minimum atomic E-state index is -0.432. The van der Waals surface area contributed by atoms with Crippen LogP contribution in [0.3, 0.4) is 0 Å². The molecule has 0 aliphatic heterocycles. The minimum absolute atomic E-state index is 0.0510. The average Bonchev–Trinajstić information content (AvgIpc) is 2.30. The zero-order chi connectivity index (χ0) is 13.2. The summed E-state index contributed by atoms with van der Waals surface area (Å²) in [6.07, 6.45) is 0. The van der Waals surface area contributed by atoms with Gasteiger partial charge in [0.1, 0.15) is 4.99 Å². The van der Waals surface area contributed by atoms with E-state index in [2.05, 4.69) is 15.9 Å². The van der Waals surface area contributed by atoms with Gasteiger partial charge in [-0.25, -0.2) is 4.39 Å². The maximum absolute atomic E-state index is 14.1. The normalized spacial score (nSPS) is 12.3. The van der Waals surface area contributed by atoms with Gasteiger partial charge in [0.2, 0.25) is 0 Å². The number of nitrogens with zero attached hydrogens (tertiary/aromatic N) is 1. The molecule has 3 nitrogen and oxygen atoms in total. The molecule has 1 aromatic carbocycles. The molecule has 1 unspecified atom stereocenters. The van der Waals surface area contributed by atoms with Crippen LogP contribution in [0.15, 0.2) is 16.6 Å². The first kappa shape index (κ1) is 14.3. The number of thiocarbonyl (C=S) groups is 1. The number of hydrogen-bond donors (Lipinski definition) is 2. The minimum Gasteiger partial charge on any atom is -0.394 e. The first-order valence-electron chi connectivity index (χ1n) is 5.01. The molecular formula is C11H14BrFN2OS. The molecule has 17 heavy (non-hydrogen) atoms. The third kappa shape index (κ3) is 2.94. The number of hydrogen-bond acceptors (Lipinski definition) is 3. The molecule has 0 fully saturated rings. The van der Waals surface area contributed by atoms with Gasteiger partial charge in [0.05, 0.1) is 16.8 Å². The van der Waals surface area contributed by atoms with Crippen LogP contribution in [0, 0.1) is 5.82 Å². The van der Waals surface area contributed by atoms with Gasteiger partial charge in [-0.3, -0.25) is 0 Å². The van der Waals surface area contributed by atoms with E-state index in [1.54, 1.807) is 31.0 Å². The highest BCUT2D eigenvalue weighted by molar-refractivity contribution is 9.10. The van der Waals surface area contributed by atoms with E-state index in [-0.39, 0.29) is 22.1 Å². The molecule has 0 bridgehead atoms. The molecule has 0 aliphatic carbocycles. The number of likely N-dealkylation sites (N-methyl/N-ethyl adjacent to an activating group) is 1. The van der Waals surface area contributed by atoms with Gasteiger partial charge in [-0.05, 0) is 35.0 Å². The van der Waals surface area contributed by atoms with Gasteiger partial charge in [-0.1, -0.05) is 12.2 Å². The van der Waals surface area contributed by atoms with E-state index in [4.69, 9.17) is 23.1 Å². The van der Waals surface area contributed by atoms with Crippen molar-refractivity contribution >= 4 is 38.8 Å². The third-order valence-corrected chi connectivity index (χ3v) is 3.63. The summed E-state index contributed by atoms with van der Waals surface area (Å²) in [5.41, 5.74) is 6.33. The molecule has 1 rings (SSSR count). The monoisotopic (exact) mass is 320 g/mol. The van der Waals surface area contributed by atoms with E-state index in [1.165, 1.54) is 0 Å². The predicted molar refractivity (Wildman–Crippen MR) is 74.9 cm³/mol. The summed E-state index contributed by atoms with van der Waals surface area (Å²) >= 11 is 7.96. The first-order valence-corrected chi connectivity index (χ1v) is 6.21. The van der Waals surface area contributed by atoms with Crippen molar-refractivity contribution in [2.75, 3.05) is 18.6 Å². The van der Waals surface area contributed by atoms with Crippen molar-refractivity contribution in [3.8, 4) is 0 Å². The average molecular weight is 321 g/mol. The number of rotatable bonds is 4. The lowest BCUT2D eigenvalue weighted by atomic mass is 10.1. The van der Waals surface area contributed by atoms with E-state index in [9.17, 15) is 4.39 Å². The second-order valence-corrected chi connectivity index (χ2v) is 5.00. The Hall–Kier alpha value is -0.720. The fraction of sp³-hybridized carbons (Fsp3) is 0.364. The Balaban J connectivity index is 3.21. The summed E-state index contributed by atoms with van der Waals surface area (Å²) in [6.45, 7) is 1.75. The Bertz CT molecular complexity index is 442. The van der Waals surface area contributed by atoms with Gasteiger partial charge in [-0.15, -0.1) is 0 Å². The SMILES string of the molecule is CC(CO)N(C)c1ccc(C(N)=S)c(Br)c1F. The van der Waals surface area contributed by atoms with Crippen molar-refractivity contribution in [1.82, 2.24) is 0 Å². The van der Waals surface area contributed by atoms with E-state index in [0.29, 0.717) is 11.3 Å². The van der Waals surface area contributed by atoms with Crippen LogP contribution in [-0.4, -0.2) is 29.8 Å². The van der Waals surface area contributed by atoms with Crippen LogP contribution in [0.1, 0.15) is 12.5 Å². The topological polar surface area (TPSA) is 49.5 Å². The van der Waals surface area contributed by atoms with Crippen LogP contribution in [-0.2, 0) is 0 Å². The summed E-state index contributed by atoms with van der Waals surface area (Å²) < 4.78 is 14.3. The molecule has 0 saturated heterocycles. The quantitative estimate of drug-likeness (QED) is 0.834. The maximum atomic E-state index is 14.1. The molecule has 0 spiro atoms. The van der Waals surface area contributed by atoms with Crippen molar-refractivity contribution < 1.29 is 9.50 Å². The van der Waals surface area contributed by atoms with Gasteiger partial charge in [0.25, 0.3) is 0 Å². The largest absolute Gasteiger partial charge is 0.394 e. The van der Waals surface area contributed by atoms with Crippen LogP contribution in [0.25, 0.3) is 0 Å². The lowest BCUT2D eigenvalue weighted by Crippen LogP contribution is -2.32. The molecule has 1 aromatic rings. The summed E-state index contributed by atoms with van der Waals surface area (Å²) in [5, 5.41) is 9.05. The molecule has 1 atom stereocenters. The summed E-state index contributed by atoms with van der Waals surface area (Å²) in [6, 6.07) is 3.08. The predicted octanol–water partition coefficient (Wildman–Crippen LogP) is 2.04. The maximum Gasteiger partial charge on any atom is 0.161 e. The van der Waals surface area contributed by atoms with Crippen molar-refractivity contribution in [3.63, 3.8) is 0 Å². The number of halogens is 2. The zero-order valence-electron chi connectivity index (χ0n) is 9.58. The van der Waals surface area contributed by atoms with Crippen molar-refractivity contribution in [3.05, 3.63) is 28.0 Å². The Morgan fingerprint density at radius 2 is 2.24 bits per heavy atom. The molecular weight excluding hydrogens is 307 g/mol. The number of aliphatic hydroxyl groups is 1. The van der Waals surface area contributed by atoms with E-state index >= 15 is 0 Å². The van der Waals surface area contributed by atoms with E-state index in [1.807, 2.05) is 0 Å². The Morgan fingerprint density at radius 3 is 2.71 bits per heavy atom. The highest BCUT2D eigenvalue weighted by Crippen LogP contribution is 2.29. The van der Waals surface area contributed by atoms with Gasteiger partial charge in [0.15, 0.2) is 5.82 Å². The number of benzene rings is 1. The molecule has 0 aliphatic rings. The van der Waals surface area contributed by atoms with Crippen LogP contribution in [0.4, 0.5) is 10.1 Å². The molecule has 94 valence electrons. The number of anilines is 1. The van der Waals surface area contributed by atoms with Crippen molar-refractivity contribution in [2.24, 2.45) is 5.73 Å². The molecule has 0 aromatic heterocycles. The summed E-state index contributed by atoms with van der Waals surface area (Å²) in [7, 11) is 1.71. The standard InChI is InChI=1S/C11H14BrFN2OS/c1-6(5-16)15(2)8-4-3-7(11(14)17)9(12)10(8)13/h3-4,6,16H,5H2,1-2H3,(H2,14,17). The molecule has 0 saturated carbocycles. The number of aliphatic hydroxyl groups excluding tert-OH is 1. The molecule has 0 heterocycles. The first-order chi connectivity index (χ1) is 7.90. The van der Waals surface area contributed by atoms with Crippen LogP contribution in [0.2, 0.25) is 0 Å². The smallest absolute Gasteiger partial charge is 0.161 e. The second-order valence-electron chi connectivity index (χ2n) is 3.77. The lowest BCUT2D eigenvalue weighted by Gasteiger charge is -2.26. The van der Waals surface area contributed by atoms with Crippen molar-refractivity contribution in [2.45, 2.75) is 13.0 Å². The van der Waals surface area contributed by atoms with E-state index in [0.717, 1.165) is 0 Å². The highest BCUT2D eigenvalue weighted by atomic mass is 79.9. The lowest BCUT2D eigenvalue weighted by molar-refractivity contribution is 0.269. The third-order valence-electron chi connectivity index (χ3n) is 2.63. The van der Waals surface area contributed by atoms with Crippen molar-refractivity contribution in [1.29, 1.82) is 0 Å².